The first-order valence-corrected chi connectivity index (χ1v) is 2.55. The molecule has 6 heavy (non-hydrogen) atoms. The van der Waals surface area contributed by atoms with E-state index in [2.05, 4.69) is 5.50 Å². The van der Waals surface area contributed by atoms with E-state index in [4.69, 9.17) is 9.79 Å². The summed E-state index contributed by atoms with van der Waals surface area (Å²) in [5.41, 5.74) is 4.42. The molecule has 0 saturated carbocycles. The van der Waals surface area contributed by atoms with Crippen molar-refractivity contribution < 1.29 is 9.79 Å². The van der Waals surface area contributed by atoms with Gasteiger partial charge in [-0.3, -0.25) is 0 Å². The van der Waals surface area contributed by atoms with E-state index in [1.165, 1.54) is 18.9 Å². The highest BCUT2D eigenvalue weighted by molar-refractivity contribution is 7.13. The third kappa shape index (κ3) is 65.7. The summed E-state index contributed by atoms with van der Waals surface area (Å²) in [5.74, 6) is 0. The van der Waals surface area contributed by atoms with Crippen LogP contribution in [0.5, 0.6) is 0 Å². The number of hydrogen-bond donors (Lipinski definition) is 3. The monoisotopic (exact) mass is 149 g/mol. The van der Waals surface area contributed by atoms with E-state index < -0.39 is 0 Å². The normalized spacial score (nSPS) is 3.00. The first-order valence-electron chi connectivity index (χ1n) is 0.850. The summed E-state index contributed by atoms with van der Waals surface area (Å²) < 4.78 is 0. The SMILES string of the molecule is NP.OP.OP. The topological polar surface area (TPSA) is 66.5 Å². The molecule has 0 aromatic heterocycles. The van der Waals surface area contributed by atoms with Gasteiger partial charge in [-0.25, -0.2) is 0 Å². The van der Waals surface area contributed by atoms with Gasteiger partial charge < -0.3 is 15.3 Å². The molecule has 0 fully saturated rings. The van der Waals surface area contributed by atoms with Crippen LogP contribution in [0, 0.1) is 0 Å². The average Bonchev–Trinajstić information content (AvgIpc) is 1.81. The lowest BCUT2D eigenvalue weighted by atomic mass is 13.9. The molecular weight excluding hydrogens is 139 g/mol. The zero-order valence-electron chi connectivity index (χ0n) is 3.20. The van der Waals surface area contributed by atoms with Crippen LogP contribution in [0.3, 0.4) is 0 Å². The first kappa shape index (κ1) is 15.7. The molecule has 0 radical (unpaired) electrons. The van der Waals surface area contributed by atoms with Crippen molar-refractivity contribution in [1.82, 2.24) is 0 Å². The van der Waals surface area contributed by atoms with Gasteiger partial charge in [0.05, 0.1) is 0 Å². The highest BCUT2D eigenvalue weighted by Crippen LogP contribution is 1.44. The summed E-state index contributed by atoms with van der Waals surface area (Å²) in [6.45, 7) is 0. The maximum absolute atomic E-state index is 6.92. The van der Waals surface area contributed by atoms with Gasteiger partial charge in [-0.05, 0) is 18.9 Å². The Hall–Kier alpha value is 1.17. The minimum Gasteiger partial charge on any atom is -0.380 e. The Morgan fingerprint density at radius 2 is 0.833 bits per heavy atom. The molecule has 6 heteroatoms. The van der Waals surface area contributed by atoms with Gasteiger partial charge in [0.2, 0.25) is 0 Å². The van der Waals surface area contributed by atoms with Gasteiger partial charge in [0.15, 0.2) is 0 Å². The van der Waals surface area contributed by atoms with Gasteiger partial charge >= 0.3 is 0 Å². The second kappa shape index (κ2) is 120. The van der Waals surface area contributed by atoms with Crippen molar-refractivity contribution in [2.75, 3.05) is 0 Å². The van der Waals surface area contributed by atoms with E-state index in [1.54, 1.807) is 0 Å². The Morgan fingerprint density at radius 1 is 0.833 bits per heavy atom. The highest BCUT2D eigenvalue weighted by atomic mass is 31.0. The van der Waals surface area contributed by atoms with E-state index in [9.17, 15) is 0 Å². The molecule has 3 nitrogen and oxygen atoms in total. The summed E-state index contributed by atoms with van der Waals surface area (Å²) in [6.07, 6.45) is 0. The zero-order valence-corrected chi connectivity index (χ0v) is 6.67. The van der Waals surface area contributed by atoms with Crippen LogP contribution in [0.1, 0.15) is 0 Å². The van der Waals surface area contributed by atoms with Crippen molar-refractivity contribution in [3.8, 4) is 0 Å². The Balaban J connectivity index is -0.0000000225. The molecule has 3 unspecified atom stereocenters. The molecule has 0 rings (SSSR count). The van der Waals surface area contributed by atoms with E-state index in [0.29, 0.717) is 0 Å². The predicted molar refractivity (Wildman–Crippen MR) is 37.8 cm³/mol. The van der Waals surface area contributed by atoms with Crippen LogP contribution in [0.4, 0.5) is 0 Å². The Labute approximate surface area is 44.5 Å². The van der Waals surface area contributed by atoms with Crippen molar-refractivity contribution in [2.24, 2.45) is 5.50 Å². The zero-order chi connectivity index (χ0) is 6.00. The summed E-state index contributed by atoms with van der Waals surface area (Å²) in [4.78, 5) is 13.8. The average molecular weight is 149 g/mol. The minimum atomic E-state index is 1.42. The molecule has 0 aromatic rings. The highest BCUT2D eigenvalue weighted by Gasteiger charge is 0.828. The van der Waals surface area contributed by atoms with Crippen LogP contribution in [-0.4, -0.2) is 9.79 Å². The number of rotatable bonds is 0. The van der Waals surface area contributed by atoms with Crippen LogP contribution in [-0.2, 0) is 0 Å². The Bertz CT molecular complexity index is 8.75. The molecule has 3 atom stereocenters. The molecule has 0 bridgehead atoms. The van der Waals surface area contributed by atoms with Crippen LogP contribution in [0.15, 0.2) is 0 Å². The van der Waals surface area contributed by atoms with E-state index in [1.807, 2.05) is 9.39 Å². The fourth-order valence-electron chi connectivity index (χ4n) is 0. The van der Waals surface area contributed by atoms with E-state index in [-0.39, 0.29) is 0 Å². The number of nitrogens with two attached hydrogens (primary N) is 1. The van der Waals surface area contributed by atoms with E-state index >= 15 is 0 Å². The van der Waals surface area contributed by atoms with Gasteiger partial charge in [0.25, 0.3) is 0 Å². The van der Waals surface area contributed by atoms with Crippen molar-refractivity contribution >= 4 is 28.3 Å². The first-order chi connectivity index (χ1) is 3.00. The molecular formula is H10NO2P3. The van der Waals surface area contributed by atoms with Gasteiger partial charge in [0.1, 0.15) is 0 Å². The van der Waals surface area contributed by atoms with Gasteiger partial charge in [-0.1, -0.05) is 9.39 Å². The Morgan fingerprint density at radius 3 is 0.833 bits per heavy atom. The second-order valence-corrected chi connectivity index (χ2v) is 0. The minimum absolute atomic E-state index is 1.42. The lowest BCUT2D eigenvalue weighted by Crippen LogP contribution is -1.45. The third-order valence-electron chi connectivity index (χ3n) is 0. The van der Waals surface area contributed by atoms with Crippen LogP contribution in [0.2, 0.25) is 0 Å². The van der Waals surface area contributed by atoms with Crippen molar-refractivity contribution in [3.05, 3.63) is 0 Å². The molecule has 0 aliphatic rings. The van der Waals surface area contributed by atoms with Crippen molar-refractivity contribution in [2.45, 2.75) is 0 Å². The molecule has 0 aromatic carbocycles. The maximum Gasteiger partial charge on any atom is -0.00391 e. The summed E-state index contributed by atoms with van der Waals surface area (Å²) in [5, 5.41) is 0. The smallest absolute Gasteiger partial charge is 0.00391 e. The second-order valence-electron chi connectivity index (χ2n) is 0. The Kier molecular flexibility index (Phi) is 315. The maximum atomic E-state index is 6.92. The standard InChI is InChI=1S/H4NP.2H3OP/c3*1-2/h1-2H2;2*1H,2H2. The molecule has 4 N–H and O–H groups in total. The summed E-state index contributed by atoms with van der Waals surface area (Å²) in [7, 11) is 4.75. The van der Waals surface area contributed by atoms with Gasteiger partial charge in [-0.15, -0.1) is 0 Å². The largest absolute Gasteiger partial charge is 0.380 e. The van der Waals surface area contributed by atoms with Crippen molar-refractivity contribution in [1.29, 1.82) is 0 Å². The molecule has 0 amide bonds. The van der Waals surface area contributed by atoms with Gasteiger partial charge in [-0.2, -0.15) is 0 Å². The summed E-state index contributed by atoms with van der Waals surface area (Å²) in [6, 6.07) is 0. The van der Waals surface area contributed by atoms with Crippen LogP contribution in [0.25, 0.3) is 0 Å². The fourth-order valence-corrected chi connectivity index (χ4v) is 0. The molecule has 0 aliphatic carbocycles. The molecule has 42 valence electrons. The van der Waals surface area contributed by atoms with Crippen LogP contribution < -0.4 is 5.50 Å². The third-order valence-corrected chi connectivity index (χ3v) is 0. The lowest BCUT2D eigenvalue weighted by Gasteiger charge is -1.21. The molecule has 0 saturated heterocycles. The molecule has 0 heterocycles. The fraction of sp³-hybridized carbons (Fsp3) is 0. The molecule has 0 spiro atoms. The van der Waals surface area contributed by atoms with Crippen molar-refractivity contribution in [3.63, 3.8) is 0 Å². The quantitative estimate of drug-likeness (QED) is 0.398. The molecule has 0 aliphatic heterocycles. The van der Waals surface area contributed by atoms with E-state index in [0.717, 1.165) is 0 Å². The number of hydrogen-bond acceptors (Lipinski definition) is 3. The lowest BCUT2D eigenvalue weighted by molar-refractivity contribution is 0.663. The summed E-state index contributed by atoms with van der Waals surface area (Å²) >= 11 is 0. The van der Waals surface area contributed by atoms with Gasteiger partial charge in [0, 0.05) is 0 Å². The van der Waals surface area contributed by atoms with Crippen LogP contribution >= 0.6 is 28.3 Å². The predicted octanol–water partition coefficient (Wildman–Crippen LogP) is -0.727.